The first-order valence-corrected chi connectivity index (χ1v) is 7.40. The summed E-state index contributed by atoms with van der Waals surface area (Å²) in [6.45, 7) is 1.87. The number of benzene rings is 1. The molecule has 4 nitrogen and oxygen atoms in total. The van der Waals surface area contributed by atoms with E-state index in [-0.39, 0.29) is 0 Å². The number of ether oxygens (including phenoxy) is 1. The van der Waals surface area contributed by atoms with Crippen molar-refractivity contribution in [2.45, 2.75) is 24.5 Å². The van der Waals surface area contributed by atoms with Gasteiger partial charge in [-0.05, 0) is 18.2 Å². The fraction of sp³-hybridized carbons (Fsp3) is 0.571. The molecule has 1 aromatic carbocycles. The molecule has 2 rings (SSSR count). The molecule has 1 aliphatic rings. The maximum absolute atomic E-state index is 10.3. The van der Waals surface area contributed by atoms with Crippen LogP contribution in [0.25, 0.3) is 0 Å². The fourth-order valence-electron chi connectivity index (χ4n) is 2.25. The molecule has 6 heteroatoms. The van der Waals surface area contributed by atoms with E-state index in [0.29, 0.717) is 54.8 Å². The van der Waals surface area contributed by atoms with E-state index < -0.39 is 11.7 Å². The molecule has 1 aromatic rings. The van der Waals surface area contributed by atoms with Crippen LogP contribution in [0.3, 0.4) is 0 Å². The summed E-state index contributed by atoms with van der Waals surface area (Å²) in [5.41, 5.74) is -0.165. The van der Waals surface area contributed by atoms with Gasteiger partial charge < -0.3 is 20.3 Å². The monoisotopic (exact) mass is 319 g/mol. The third kappa shape index (κ3) is 4.32. The normalized spacial score (nSPS) is 19.8. The van der Waals surface area contributed by atoms with Gasteiger partial charge in [-0.1, -0.05) is 23.2 Å². The van der Waals surface area contributed by atoms with Crippen LogP contribution in [0.2, 0.25) is 10.0 Å². The summed E-state index contributed by atoms with van der Waals surface area (Å²) in [5.74, 6) is 0. The van der Waals surface area contributed by atoms with E-state index >= 15 is 0 Å². The van der Waals surface area contributed by atoms with E-state index in [2.05, 4.69) is 5.32 Å². The molecule has 0 bridgehead atoms. The Balaban J connectivity index is 1.85. The molecule has 3 N–H and O–H groups in total. The summed E-state index contributed by atoms with van der Waals surface area (Å²) in [7, 11) is 0. The fourth-order valence-corrected chi connectivity index (χ4v) is 2.67. The molecule has 0 aromatic heterocycles. The quantitative estimate of drug-likeness (QED) is 0.778. The van der Waals surface area contributed by atoms with E-state index in [0.717, 1.165) is 0 Å². The first-order chi connectivity index (χ1) is 9.50. The first-order valence-electron chi connectivity index (χ1n) is 6.64. The Hall–Kier alpha value is -0.360. The number of aliphatic hydroxyl groups is 2. The van der Waals surface area contributed by atoms with Gasteiger partial charge in [0.25, 0.3) is 0 Å². The number of hydrogen-bond donors (Lipinski definition) is 3. The summed E-state index contributed by atoms with van der Waals surface area (Å²) < 4.78 is 5.22. The lowest BCUT2D eigenvalue weighted by atomic mass is 9.94. The van der Waals surface area contributed by atoms with Gasteiger partial charge in [0.1, 0.15) is 0 Å². The second kappa shape index (κ2) is 7.07. The third-order valence-corrected chi connectivity index (χ3v) is 4.11. The standard InChI is InChI=1S/C14H19Cl2NO3/c15-10-1-2-12(16)11(7-10)13(18)8-17-9-14(19)3-5-20-6-4-14/h1-2,7,13,17-19H,3-6,8-9H2. The summed E-state index contributed by atoms with van der Waals surface area (Å²) in [4.78, 5) is 0. The Labute approximate surface area is 128 Å². The van der Waals surface area contributed by atoms with Crippen LogP contribution in [0, 0.1) is 0 Å². The van der Waals surface area contributed by atoms with Gasteiger partial charge in [-0.2, -0.15) is 0 Å². The summed E-state index contributed by atoms with van der Waals surface area (Å²) in [6.07, 6.45) is 0.451. The minimum atomic E-state index is -0.760. The van der Waals surface area contributed by atoms with Gasteiger partial charge >= 0.3 is 0 Å². The smallest absolute Gasteiger partial charge is 0.0929 e. The van der Waals surface area contributed by atoms with Gasteiger partial charge in [0.15, 0.2) is 0 Å². The van der Waals surface area contributed by atoms with Gasteiger partial charge in [0.05, 0.1) is 11.7 Å². The maximum Gasteiger partial charge on any atom is 0.0929 e. The SMILES string of the molecule is OC(CNCC1(O)CCOCC1)c1cc(Cl)ccc1Cl. The van der Waals surface area contributed by atoms with Crippen molar-refractivity contribution >= 4 is 23.2 Å². The van der Waals surface area contributed by atoms with E-state index in [1.807, 2.05) is 0 Å². The van der Waals surface area contributed by atoms with Crippen LogP contribution >= 0.6 is 23.2 Å². The zero-order chi connectivity index (χ0) is 14.6. The average molecular weight is 320 g/mol. The zero-order valence-corrected chi connectivity index (χ0v) is 12.6. The predicted octanol–water partition coefficient (Wildman–Crippen LogP) is 2.16. The highest BCUT2D eigenvalue weighted by atomic mass is 35.5. The molecule has 0 aliphatic carbocycles. The topological polar surface area (TPSA) is 61.7 Å². The Kier molecular flexibility index (Phi) is 5.66. The van der Waals surface area contributed by atoms with Gasteiger partial charge in [0.2, 0.25) is 0 Å². The van der Waals surface area contributed by atoms with Crippen LogP contribution in [0.15, 0.2) is 18.2 Å². The van der Waals surface area contributed by atoms with Crippen molar-refractivity contribution in [1.29, 1.82) is 0 Å². The number of aliphatic hydroxyl groups excluding tert-OH is 1. The van der Waals surface area contributed by atoms with Crippen LogP contribution in [-0.2, 0) is 4.74 Å². The van der Waals surface area contributed by atoms with Crippen LogP contribution in [0.5, 0.6) is 0 Å². The number of halogens is 2. The molecule has 1 aliphatic heterocycles. The Morgan fingerprint density at radius 2 is 2.00 bits per heavy atom. The van der Waals surface area contributed by atoms with Crippen LogP contribution in [-0.4, -0.2) is 42.1 Å². The summed E-state index contributed by atoms with van der Waals surface area (Å²) in [6, 6.07) is 4.99. The third-order valence-electron chi connectivity index (χ3n) is 3.53. The molecule has 1 saturated heterocycles. The van der Waals surface area contributed by atoms with E-state index in [1.165, 1.54) is 0 Å². The van der Waals surface area contributed by atoms with E-state index in [1.54, 1.807) is 18.2 Å². The number of hydrogen-bond acceptors (Lipinski definition) is 4. The predicted molar refractivity (Wildman–Crippen MR) is 79.3 cm³/mol. The highest BCUT2D eigenvalue weighted by molar-refractivity contribution is 6.33. The Morgan fingerprint density at radius 1 is 1.30 bits per heavy atom. The molecule has 1 fully saturated rings. The van der Waals surface area contributed by atoms with Crippen molar-refractivity contribution in [2.75, 3.05) is 26.3 Å². The first kappa shape index (κ1) is 16.0. The summed E-state index contributed by atoms with van der Waals surface area (Å²) in [5, 5.41) is 24.5. The number of rotatable bonds is 5. The summed E-state index contributed by atoms with van der Waals surface area (Å²) >= 11 is 11.9. The van der Waals surface area contributed by atoms with Crippen LogP contribution < -0.4 is 5.32 Å². The van der Waals surface area contributed by atoms with Gasteiger partial charge in [-0.25, -0.2) is 0 Å². The molecular formula is C14H19Cl2NO3. The largest absolute Gasteiger partial charge is 0.388 e. The van der Waals surface area contributed by atoms with Crippen molar-refractivity contribution < 1.29 is 14.9 Å². The molecule has 1 heterocycles. The molecule has 20 heavy (non-hydrogen) atoms. The molecule has 1 unspecified atom stereocenters. The second-order valence-electron chi connectivity index (χ2n) is 5.15. The zero-order valence-electron chi connectivity index (χ0n) is 11.1. The maximum atomic E-state index is 10.3. The van der Waals surface area contributed by atoms with Gasteiger partial charge in [-0.3, -0.25) is 0 Å². The lowest BCUT2D eigenvalue weighted by molar-refractivity contribution is -0.0623. The van der Waals surface area contributed by atoms with Crippen molar-refractivity contribution in [3.05, 3.63) is 33.8 Å². The van der Waals surface area contributed by atoms with Crippen LogP contribution in [0.1, 0.15) is 24.5 Å². The van der Waals surface area contributed by atoms with Crippen molar-refractivity contribution in [2.24, 2.45) is 0 Å². The molecule has 112 valence electrons. The highest BCUT2D eigenvalue weighted by Crippen LogP contribution is 2.26. The number of nitrogens with one attached hydrogen (secondary N) is 1. The van der Waals surface area contributed by atoms with Crippen LogP contribution in [0.4, 0.5) is 0 Å². The minimum Gasteiger partial charge on any atom is -0.388 e. The lowest BCUT2D eigenvalue weighted by Gasteiger charge is -2.32. The molecule has 0 spiro atoms. The highest BCUT2D eigenvalue weighted by Gasteiger charge is 2.29. The molecule has 1 atom stereocenters. The molecule has 0 amide bonds. The second-order valence-corrected chi connectivity index (χ2v) is 5.99. The van der Waals surface area contributed by atoms with E-state index in [4.69, 9.17) is 27.9 Å². The molecular weight excluding hydrogens is 301 g/mol. The minimum absolute atomic E-state index is 0.309. The Bertz CT molecular complexity index is 450. The van der Waals surface area contributed by atoms with Gasteiger partial charge in [-0.15, -0.1) is 0 Å². The van der Waals surface area contributed by atoms with Crippen molar-refractivity contribution in [3.8, 4) is 0 Å². The van der Waals surface area contributed by atoms with Gasteiger partial charge in [0, 0.05) is 54.8 Å². The van der Waals surface area contributed by atoms with E-state index in [9.17, 15) is 10.2 Å². The van der Waals surface area contributed by atoms with Crippen molar-refractivity contribution in [3.63, 3.8) is 0 Å². The Morgan fingerprint density at radius 3 is 2.70 bits per heavy atom. The molecule has 0 saturated carbocycles. The van der Waals surface area contributed by atoms with Crippen molar-refractivity contribution in [1.82, 2.24) is 5.32 Å². The molecule has 0 radical (unpaired) electrons. The average Bonchev–Trinajstić information content (AvgIpc) is 2.42. The lowest BCUT2D eigenvalue weighted by Crippen LogP contribution is -2.45.